The van der Waals surface area contributed by atoms with Crippen molar-refractivity contribution >= 4 is 21.6 Å². The zero-order valence-corrected chi connectivity index (χ0v) is 9.43. The van der Waals surface area contributed by atoms with E-state index in [2.05, 4.69) is 0 Å². The lowest BCUT2D eigenvalue weighted by molar-refractivity contribution is 0.0404. The Labute approximate surface area is 89.2 Å². The largest absolute Gasteiger partial charge is 0.378 e. The van der Waals surface area contributed by atoms with Gasteiger partial charge >= 0.3 is 0 Å². The molecule has 0 aromatic rings. The minimum atomic E-state index is -3.08. The fourth-order valence-electron chi connectivity index (χ4n) is 1.65. The van der Waals surface area contributed by atoms with Crippen molar-refractivity contribution in [3.8, 4) is 0 Å². The van der Waals surface area contributed by atoms with Crippen molar-refractivity contribution in [2.45, 2.75) is 24.1 Å². The summed E-state index contributed by atoms with van der Waals surface area (Å²) in [4.78, 5) is 0. The molecular weight excluding hydrogens is 226 g/mol. The predicted molar refractivity (Wildman–Crippen MR) is 54.0 cm³/mol. The van der Waals surface area contributed by atoms with Crippen LogP contribution < -0.4 is 0 Å². The number of hydrogen-bond acceptors (Lipinski definition) is 3. The molecule has 1 heterocycles. The summed E-state index contributed by atoms with van der Waals surface area (Å²) in [5.41, 5.74) is 0. The summed E-state index contributed by atoms with van der Waals surface area (Å²) in [6, 6.07) is -0.170. The Morgan fingerprint density at radius 3 is 2.71 bits per heavy atom. The van der Waals surface area contributed by atoms with Crippen LogP contribution in [0.4, 0.5) is 0 Å². The second-order valence-electron chi connectivity index (χ2n) is 3.74. The Morgan fingerprint density at radius 1 is 1.43 bits per heavy atom. The molecule has 2 aliphatic rings. The van der Waals surface area contributed by atoms with Gasteiger partial charge in [0.15, 0.2) is 0 Å². The number of halogens is 1. The van der Waals surface area contributed by atoms with Gasteiger partial charge in [0.05, 0.1) is 24.5 Å². The van der Waals surface area contributed by atoms with Crippen LogP contribution in [0.2, 0.25) is 0 Å². The lowest BCUT2D eigenvalue weighted by atomic mass is 10.3. The predicted octanol–water partition coefficient (Wildman–Crippen LogP) is 0.418. The number of rotatable bonds is 3. The first-order valence-electron chi connectivity index (χ1n) is 4.80. The van der Waals surface area contributed by atoms with Crippen molar-refractivity contribution in [2.75, 3.05) is 25.6 Å². The van der Waals surface area contributed by atoms with Gasteiger partial charge in [-0.05, 0) is 12.8 Å². The quantitative estimate of drug-likeness (QED) is 0.671. The molecule has 1 atom stereocenters. The molecule has 2 fully saturated rings. The number of hydrogen-bond donors (Lipinski definition) is 0. The molecule has 1 aliphatic carbocycles. The minimum absolute atomic E-state index is 0.147. The Bertz CT molecular complexity index is 302. The third kappa shape index (κ3) is 1.91. The van der Waals surface area contributed by atoms with Gasteiger partial charge in [0.2, 0.25) is 10.0 Å². The topological polar surface area (TPSA) is 46.6 Å². The highest BCUT2D eigenvalue weighted by Crippen LogP contribution is 2.32. The lowest BCUT2D eigenvalue weighted by Gasteiger charge is -2.33. The van der Waals surface area contributed by atoms with Crippen LogP contribution in [0.25, 0.3) is 0 Å². The number of alkyl halides is 1. The van der Waals surface area contributed by atoms with Crippen molar-refractivity contribution in [1.82, 2.24) is 4.31 Å². The Morgan fingerprint density at radius 2 is 2.14 bits per heavy atom. The van der Waals surface area contributed by atoms with E-state index >= 15 is 0 Å². The molecule has 2 rings (SSSR count). The summed E-state index contributed by atoms with van der Waals surface area (Å²) in [6.07, 6.45) is 1.60. The van der Waals surface area contributed by atoms with Gasteiger partial charge in [-0.3, -0.25) is 0 Å². The summed E-state index contributed by atoms with van der Waals surface area (Å²) < 4.78 is 30.6. The van der Waals surface area contributed by atoms with Gasteiger partial charge in [-0.15, -0.1) is 11.6 Å². The zero-order chi connectivity index (χ0) is 10.2. The van der Waals surface area contributed by atoms with Gasteiger partial charge in [-0.25, -0.2) is 8.42 Å². The molecule has 14 heavy (non-hydrogen) atoms. The first kappa shape index (κ1) is 10.7. The molecule has 0 N–H and O–H groups in total. The van der Waals surface area contributed by atoms with E-state index in [1.54, 1.807) is 0 Å². The molecule has 0 aromatic heterocycles. The van der Waals surface area contributed by atoms with E-state index < -0.39 is 10.0 Å². The number of sulfonamides is 1. The molecular formula is C8H14ClNO3S. The fourth-order valence-corrected chi connectivity index (χ4v) is 3.99. The van der Waals surface area contributed by atoms with E-state index in [0.717, 1.165) is 12.8 Å². The van der Waals surface area contributed by atoms with Crippen LogP contribution in [-0.2, 0) is 14.8 Å². The zero-order valence-electron chi connectivity index (χ0n) is 7.86. The lowest BCUT2D eigenvalue weighted by Crippen LogP contribution is -2.50. The second-order valence-corrected chi connectivity index (χ2v) is 6.21. The highest BCUT2D eigenvalue weighted by Gasteiger charge is 2.43. The van der Waals surface area contributed by atoms with E-state index in [4.69, 9.17) is 16.3 Å². The third-order valence-corrected chi connectivity index (χ3v) is 5.43. The SMILES string of the molecule is O=S(=O)(C1CC1)N1CCOCC1CCl. The van der Waals surface area contributed by atoms with E-state index in [9.17, 15) is 8.42 Å². The van der Waals surface area contributed by atoms with Gasteiger partial charge in [0, 0.05) is 12.4 Å². The summed E-state index contributed by atoms with van der Waals surface area (Å²) in [6.45, 7) is 1.37. The monoisotopic (exact) mass is 239 g/mol. The van der Waals surface area contributed by atoms with Crippen LogP contribution in [0.15, 0.2) is 0 Å². The molecule has 0 amide bonds. The summed E-state index contributed by atoms with van der Waals surface area (Å²) in [7, 11) is -3.08. The van der Waals surface area contributed by atoms with Crippen molar-refractivity contribution in [1.29, 1.82) is 0 Å². The molecule has 1 unspecified atom stereocenters. The van der Waals surface area contributed by atoms with Crippen LogP contribution in [0.1, 0.15) is 12.8 Å². The van der Waals surface area contributed by atoms with E-state index in [0.29, 0.717) is 25.6 Å². The second kappa shape index (κ2) is 3.96. The number of ether oxygens (including phenoxy) is 1. The van der Waals surface area contributed by atoms with Crippen molar-refractivity contribution in [2.24, 2.45) is 0 Å². The molecule has 82 valence electrons. The summed E-state index contributed by atoms with van der Waals surface area (Å²) >= 11 is 5.72. The summed E-state index contributed by atoms with van der Waals surface area (Å²) in [5, 5.41) is -0.147. The van der Waals surface area contributed by atoms with E-state index in [-0.39, 0.29) is 11.3 Å². The van der Waals surface area contributed by atoms with Gasteiger partial charge in [0.25, 0.3) is 0 Å². The normalized spacial score (nSPS) is 30.5. The van der Waals surface area contributed by atoms with Gasteiger partial charge in [0.1, 0.15) is 0 Å². The smallest absolute Gasteiger partial charge is 0.217 e. The third-order valence-electron chi connectivity index (χ3n) is 2.62. The molecule has 6 heteroatoms. The minimum Gasteiger partial charge on any atom is -0.378 e. The van der Waals surface area contributed by atoms with Crippen LogP contribution in [0.3, 0.4) is 0 Å². The van der Waals surface area contributed by atoms with Gasteiger partial charge < -0.3 is 4.74 Å². The first-order valence-corrected chi connectivity index (χ1v) is 6.84. The Balaban J connectivity index is 2.13. The molecule has 0 spiro atoms. The van der Waals surface area contributed by atoms with Crippen LogP contribution in [-0.4, -0.2) is 49.7 Å². The van der Waals surface area contributed by atoms with Crippen LogP contribution >= 0.6 is 11.6 Å². The highest BCUT2D eigenvalue weighted by molar-refractivity contribution is 7.90. The fraction of sp³-hybridized carbons (Fsp3) is 1.00. The molecule has 0 aromatic carbocycles. The van der Waals surface area contributed by atoms with Gasteiger partial charge in [-0.1, -0.05) is 0 Å². The molecule has 1 aliphatic heterocycles. The maximum absolute atomic E-state index is 11.9. The summed E-state index contributed by atoms with van der Waals surface area (Å²) in [5.74, 6) is 0.311. The van der Waals surface area contributed by atoms with E-state index in [1.807, 2.05) is 0 Å². The average molecular weight is 240 g/mol. The van der Waals surface area contributed by atoms with Crippen molar-refractivity contribution in [3.05, 3.63) is 0 Å². The maximum Gasteiger partial charge on any atom is 0.217 e. The Hall–Kier alpha value is 0.160. The Kier molecular flexibility index (Phi) is 3.02. The van der Waals surface area contributed by atoms with Crippen molar-refractivity contribution < 1.29 is 13.2 Å². The van der Waals surface area contributed by atoms with E-state index in [1.165, 1.54) is 4.31 Å². The molecule has 1 saturated carbocycles. The average Bonchev–Trinajstić information content (AvgIpc) is 3.01. The maximum atomic E-state index is 11.9. The molecule has 4 nitrogen and oxygen atoms in total. The van der Waals surface area contributed by atoms with Crippen molar-refractivity contribution in [3.63, 3.8) is 0 Å². The first-order chi connectivity index (χ1) is 6.66. The molecule has 0 bridgehead atoms. The van der Waals surface area contributed by atoms with Gasteiger partial charge in [-0.2, -0.15) is 4.31 Å². The standard InChI is InChI=1S/C8H14ClNO3S/c9-5-7-6-13-4-3-10(7)14(11,12)8-1-2-8/h7-8H,1-6H2. The van der Waals surface area contributed by atoms with Crippen LogP contribution in [0, 0.1) is 0 Å². The highest BCUT2D eigenvalue weighted by atomic mass is 35.5. The number of nitrogens with zero attached hydrogens (tertiary/aromatic N) is 1. The molecule has 1 saturated heterocycles. The molecule has 0 radical (unpaired) electrons. The van der Waals surface area contributed by atoms with Crippen LogP contribution in [0.5, 0.6) is 0 Å². The number of morpholine rings is 1.